The molecule has 0 fully saturated rings. The molecule has 1 heteroatoms. The zero-order valence-electron chi connectivity index (χ0n) is 7.19. The molecule has 0 aromatic carbocycles. The van der Waals surface area contributed by atoms with Crippen molar-refractivity contribution in [1.82, 2.24) is 5.32 Å². The third-order valence-corrected chi connectivity index (χ3v) is 1.35. The van der Waals surface area contributed by atoms with Gasteiger partial charge in [0.2, 0.25) is 0 Å². The van der Waals surface area contributed by atoms with Gasteiger partial charge in [0.05, 0.1) is 0 Å². The Kier molecular flexibility index (Phi) is 8.15. The van der Waals surface area contributed by atoms with Crippen LogP contribution < -0.4 is 5.32 Å². The van der Waals surface area contributed by atoms with Crippen LogP contribution in [0.15, 0.2) is 12.3 Å². The maximum atomic E-state index is 3.21. The largest absolute Gasteiger partial charge is 0.391 e. The maximum absolute atomic E-state index is 3.21. The van der Waals surface area contributed by atoms with Gasteiger partial charge < -0.3 is 5.32 Å². The topological polar surface area (TPSA) is 12.0 Å². The van der Waals surface area contributed by atoms with Gasteiger partial charge in [-0.2, -0.15) is 0 Å². The van der Waals surface area contributed by atoms with E-state index in [-0.39, 0.29) is 0 Å². The van der Waals surface area contributed by atoms with Crippen LogP contribution in [0, 0.1) is 0 Å². The molecule has 0 unspecified atom stereocenters. The molecule has 10 heavy (non-hydrogen) atoms. The lowest BCUT2D eigenvalue weighted by molar-refractivity contribution is 0.785. The Morgan fingerprint density at radius 3 is 2.60 bits per heavy atom. The highest BCUT2D eigenvalue weighted by Gasteiger charge is 1.76. The van der Waals surface area contributed by atoms with Gasteiger partial charge in [-0.1, -0.05) is 32.8 Å². The lowest BCUT2D eigenvalue weighted by Crippen LogP contribution is -2.04. The number of unbranched alkanes of at least 4 members (excludes halogenated alkanes) is 2. The lowest BCUT2D eigenvalue weighted by Gasteiger charge is -1.94. The first-order chi connectivity index (χ1) is 4.91. The average molecular weight is 141 g/mol. The molecule has 0 heterocycles. The van der Waals surface area contributed by atoms with E-state index in [1.807, 2.05) is 0 Å². The van der Waals surface area contributed by atoms with E-state index in [0.29, 0.717) is 0 Å². The van der Waals surface area contributed by atoms with Crippen molar-refractivity contribution in [2.24, 2.45) is 0 Å². The lowest BCUT2D eigenvalue weighted by atomic mass is 10.2. The SMILES string of the molecule is CCCC/C=C/NCCC. The summed E-state index contributed by atoms with van der Waals surface area (Å²) in [5, 5.41) is 3.21. The highest BCUT2D eigenvalue weighted by molar-refractivity contribution is 4.78. The van der Waals surface area contributed by atoms with E-state index in [1.165, 1.54) is 25.7 Å². The molecule has 0 radical (unpaired) electrons. The molecule has 0 atom stereocenters. The minimum Gasteiger partial charge on any atom is -0.391 e. The second-order valence-electron chi connectivity index (χ2n) is 2.50. The summed E-state index contributed by atoms with van der Waals surface area (Å²) in [6.45, 7) is 5.49. The molecule has 0 rings (SSSR count). The van der Waals surface area contributed by atoms with Crippen LogP contribution in [0.3, 0.4) is 0 Å². The fourth-order valence-corrected chi connectivity index (χ4v) is 0.716. The summed E-state index contributed by atoms with van der Waals surface area (Å²) in [4.78, 5) is 0. The molecule has 1 N–H and O–H groups in total. The second-order valence-corrected chi connectivity index (χ2v) is 2.50. The molecule has 0 aromatic rings. The fraction of sp³-hybridized carbons (Fsp3) is 0.778. The van der Waals surface area contributed by atoms with Crippen molar-refractivity contribution in [2.75, 3.05) is 6.54 Å². The van der Waals surface area contributed by atoms with Gasteiger partial charge in [-0.05, 0) is 19.0 Å². The minimum absolute atomic E-state index is 1.10. The van der Waals surface area contributed by atoms with E-state index in [0.717, 1.165) is 6.54 Å². The van der Waals surface area contributed by atoms with Crippen molar-refractivity contribution in [2.45, 2.75) is 39.5 Å². The Morgan fingerprint density at radius 2 is 2.00 bits per heavy atom. The molecule has 0 spiro atoms. The minimum atomic E-state index is 1.10. The van der Waals surface area contributed by atoms with Crippen LogP contribution in [0.1, 0.15) is 39.5 Å². The van der Waals surface area contributed by atoms with Crippen molar-refractivity contribution in [3.8, 4) is 0 Å². The van der Waals surface area contributed by atoms with Gasteiger partial charge in [0.25, 0.3) is 0 Å². The van der Waals surface area contributed by atoms with Crippen LogP contribution in [-0.4, -0.2) is 6.54 Å². The molecular weight excluding hydrogens is 122 g/mol. The monoisotopic (exact) mass is 141 g/mol. The number of hydrogen-bond donors (Lipinski definition) is 1. The number of rotatable bonds is 6. The average Bonchev–Trinajstić information content (AvgIpc) is 1.97. The molecule has 0 saturated heterocycles. The Balaban J connectivity index is 2.89. The summed E-state index contributed by atoms with van der Waals surface area (Å²) in [7, 11) is 0. The van der Waals surface area contributed by atoms with Gasteiger partial charge in [0.15, 0.2) is 0 Å². The van der Waals surface area contributed by atoms with E-state index in [2.05, 4.69) is 31.4 Å². The number of allylic oxidation sites excluding steroid dienone is 1. The summed E-state index contributed by atoms with van der Waals surface area (Å²) in [5.41, 5.74) is 0. The number of nitrogens with one attached hydrogen (secondary N) is 1. The summed E-state index contributed by atoms with van der Waals surface area (Å²) in [6, 6.07) is 0. The zero-order valence-corrected chi connectivity index (χ0v) is 7.19. The van der Waals surface area contributed by atoms with Crippen LogP contribution in [-0.2, 0) is 0 Å². The predicted molar refractivity (Wildman–Crippen MR) is 47.0 cm³/mol. The first kappa shape index (κ1) is 9.54. The zero-order chi connectivity index (χ0) is 7.66. The molecule has 0 amide bonds. The van der Waals surface area contributed by atoms with Gasteiger partial charge in [0.1, 0.15) is 0 Å². The molecule has 0 aromatic heterocycles. The van der Waals surface area contributed by atoms with E-state index in [9.17, 15) is 0 Å². The highest BCUT2D eigenvalue weighted by Crippen LogP contribution is 1.93. The van der Waals surface area contributed by atoms with E-state index in [4.69, 9.17) is 0 Å². The van der Waals surface area contributed by atoms with Crippen molar-refractivity contribution in [3.63, 3.8) is 0 Å². The Labute approximate surface area is 64.5 Å². The van der Waals surface area contributed by atoms with Crippen LogP contribution in [0.5, 0.6) is 0 Å². The standard InChI is InChI=1S/C9H19N/c1-3-5-6-7-9-10-8-4-2/h7,9-10H,3-6,8H2,1-2H3/b9-7+. The quantitative estimate of drug-likeness (QED) is 0.561. The van der Waals surface area contributed by atoms with Crippen molar-refractivity contribution in [3.05, 3.63) is 12.3 Å². The Bertz CT molecular complexity index is 66.8. The third kappa shape index (κ3) is 7.54. The van der Waals surface area contributed by atoms with Crippen LogP contribution in [0.4, 0.5) is 0 Å². The Morgan fingerprint density at radius 1 is 1.20 bits per heavy atom. The third-order valence-electron chi connectivity index (χ3n) is 1.35. The smallest absolute Gasteiger partial charge is 0.0138 e. The van der Waals surface area contributed by atoms with E-state index < -0.39 is 0 Å². The van der Waals surface area contributed by atoms with Crippen molar-refractivity contribution in [1.29, 1.82) is 0 Å². The summed E-state index contributed by atoms with van der Waals surface area (Å²) < 4.78 is 0. The summed E-state index contributed by atoms with van der Waals surface area (Å²) in [6.07, 6.45) is 9.30. The first-order valence-corrected chi connectivity index (χ1v) is 4.30. The van der Waals surface area contributed by atoms with Crippen molar-refractivity contribution < 1.29 is 0 Å². The maximum Gasteiger partial charge on any atom is 0.0138 e. The van der Waals surface area contributed by atoms with Crippen LogP contribution in [0.2, 0.25) is 0 Å². The van der Waals surface area contributed by atoms with Crippen molar-refractivity contribution >= 4 is 0 Å². The predicted octanol–water partition coefficient (Wildman–Crippen LogP) is 2.69. The summed E-state index contributed by atoms with van der Waals surface area (Å²) >= 11 is 0. The van der Waals surface area contributed by atoms with E-state index in [1.54, 1.807) is 0 Å². The molecular formula is C9H19N. The van der Waals surface area contributed by atoms with Gasteiger partial charge >= 0.3 is 0 Å². The van der Waals surface area contributed by atoms with Crippen LogP contribution in [0.25, 0.3) is 0 Å². The summed E-state index contributed by atoms with van der Waals surface area (Å²) in [5.74, 6) is 0. The normalized spacial score (nSPS) is 10.6. The van der Waals surface area contributed by atoms with Crippen LogP contribution >= 0.6 is 0 Å². The van der Waals surface area contributed by atoms with E-state index >= 15 is 0 Å². The molecule has 0 aliphatic heterocycles. The molecule has 0 aliphatic carbocycles. The van der Waals surface area contributed by atoms with Gasteiger partial charge in [-0.25, -0.2) is 0 Å². The molecule has 0 aliphatic rings. The highest BCUT2D eigenvalue weighted by atomic mass is 14.8. The molecule has 1 nitrogen and oxygen atoms in total. The van der Waals surface area contributed by atoms with Gasteiger partial charge in [-0.15, -0.1) is 0 Å². The first-order valence-electron chi connectivity index (χ1n) is 4.30. The molecule has 0 saturated carbocycles. The second kappa shape index (κ2) is 8.54. The van der Waals surface area contributed by atoms with Gasteiger partial charge in [-0.3, -0.25) is 0 Å². The molecule has 60 valence electrons. The van der Waals surface area contributed by atoms with Gasteiger partial charge in [0, 0.05) is 6.54 Å². The molecule has 0 bridgehead atoms. The number of hydrogen-bond acceptors (Lipinski definition) is 1. The Hall–Kier alpha value is -0.460. The fourth-order valence-electron chi connectivity index (χ4n) is 0.716.